The predicted octanol–water partition coefficient (Wildman–Crippen LogP) is 1.09. The van der Waals surface area contributed by atoms with E-state index < -0.39 is 28.0 Å². The summed E-state index contributed by atoms with van der Waals surface area (Å²) in [5, 5.41) is 39.5. The van der Waals surface area contributed by atoms with Crippen LogP contribution >= 0.6 is 0 Å². The van der Waals surface area contributed by atoms with E-state index in [2.05, 4.69) is 4.90 Å². The number of phenolic OH excluding ortho intramolecular Hbond substituents is 2. The van der Waals surface area contributed by atoms with Crippen LogP contribution in [0.3, 0.4) is 0 Å². The van der Waals surface area contributed by atoms with E-state index in [0.29, 0.717) is 19.6 Å². The van der Waals surface area contributed by atoms with Gasteiger partial charge in [0.1, 0.15) is 11.6 Å². The molecule has 1 saturated heterocycles. The zero-order valence-electron chi connectivity index (χ0n) is 15.7. The molecule has 0 aliphatic carbocycles. The van der Waals surface area contributed by atoms with Gasteiger partial charge in [0, 0.05) is 45.9 Å². The van der Waals surface area contributed by atoms with Gasteiger partial charge in [0.25, 0.3) is 5.91 Å². The molecule has 10 heteroatoms. The molecule has 0 saturated carbocycles. The predicted molar refractivity (Wildman–Crippen MR) is 99.5 cm³/mol. The monoisotopic (exact) mass is 390 g/mol. The summed E-state index contributed by atoms with van der Waals surface area (Å²) < 4.78 is 5.20. The number of nitro benzene ring substituents is 1. The lowest BCUT2D eigenvalue weighted by Crippen LogP contribution is -2.54. The first-order valence-electron chi connectivity index (χ1n) is 8.67. The van der Waals surface area contributed by atoms with Crippen molar-refractivity contribution in [3.8, 4) is 17.6 Å². The Morgan fingerprint density at radius 2 is 2.18 bits per heavy atom. The summed E-state index contributed by atoms with van der Waals surface area (Å²) in [5.41, 5.74) is -0.873. The molecular formula is C18H22N4O6. The van der Waals surface area contributed by atoms with Crippen LogP contribution in [0.2, 0.25) is 0 Å². The second-order valence-electron chi connectivity index (χ2n) is 6.34. The number of hydrogen-bond acceptors (Lipinski definition) is 8. The van der Waals surface area contributed by atoms with Gasteiger partial charge >= 0.3 is 5.69 Å². The Kier molecular flexibility index (Phi) is 6.92. The first-order valence-corrected chi connectivity index (χ1v) is 8.67. The van der Waals surface area contributed by atoms with Crippen LogP contribution in [0.1, 0.15) is 12.5 Å². The number of rotatable bonds is 8. The number of nitriles is 1. The molecule has 1 aromatic carbocycles. The highest BCUT2D eigenvalue weighted by Crippen LogP contribution is 2.36. The van der Waals surface area contributed by atoms with E-state index in [9.17, 15) is 30.4 Å². The number of nitrogens with zero attached hydrogens (tertiary/aromatic N) is 4. The highest BCUT2D eigenvalue weighted by molar-refractivity contribution is 6.01. The number of ether oxygens (including phenoxy) is 1. The third kappa shape index (κ3) is 4.76. The molecule has 1 aliphatic heterocycles. The maximum Gasteiger partial charge on any atom is 0.315 e. The summed E-state index contributed by atoms with van der Waals surface area (Å²) in [5.74, 6) is -2.09. The summed E-state index contributed by atoms with van der Waals surface area (Å²) in [6, 6.07) is 3.84. The van der Waals surface area contributed by atoms with Crippen molar-refractivity contribution in [2.45, 2.75) is 13.0 Å². The van der Waals surface area contributed by atoms with E-state index in [1.165, 1.54) is 4.90 Å². The van der Waals surface area contributed by atoms with Gasteiger partial charge in [-0.15, -0.1) is 0 Å². The Hall–Kier alpha value is -3.16. The van der Waals surface area contributed by atoms with Gasteiger partial charge < -0.3 is 19.8 Å². The van der Waals surface area contributed by atoms with Crippen molar-refractivity contribution in [1.82, 2.24) is 9.80 Å². The number of carbonyl (C=O) groups excluding carboxylic acids is 1. The maximum atomic E-state index is 12.7. The molecule has 28 heavy (non-hydrogen) atoms. The fraction of sp³-hybridized carbons (Fsp3) is 0.444. The molecule has 0 spiro atoms. The number of methoxy groups -OCH3 is 1. The zero-order valence-corrected chi connectivity index (χ0v) is 15.7. The van der Waals surface area contributed by atoms with Gasteiger partial charge in [-0.05, 0) is 24.6 Å². The number of phenols is 2. The molecule has 1 heterocycles. The van der Waals surface area contributed by atoms with Crippen LogP contribution in [-0.2, 0) is 9.53 Å². The fourth-order valence-corrected chi connectivity index (χ4v) is 2.85. The highest BCUT2D eigenvalue weighted by Gasteiger charge is 2.27. The quantitative estimate of drug-likeness (QED) is 0.221. The highest BCUT2D eigenvalue weighted by atomic mass is 16.6. The average Bonchev–Trinajstić information content (AvgIpc) is 2.63. The third-order valence-corrected chi connectivity index (χ3v) is 4.56. The molecule has 2 N–H and O–H groups in total. The number of nitro groups is 1. The van der Waals surface area contributed by atoms with Crippen LogP contribution in [0.15, 0.2) is 17.7 Å². The van der Waals surface area contributed by atoms with Crippen LogP contribution in [0.5, 0.6) is 11.5 Å². The lowest BCUT2D eigenvalue weighted by Gasteiger charge is -2.39. The van der Waals surface area contributed by atoms with Crippen molar-refractivity contribution in [1.29, 1.82) is 5.26 Å². The first kappa shape index (κ1) is 21.1. The van der Waals surface area contributed by atoms with Gasteiger partial charge in [0.15, 0.2) is 5.75 Å². The van der Waals surface area contributed by atoms with E-state index in [1.54, 1.807) is 20.1 Å². The Labute approximate surface area is 162 Å². The molecule has 0 aromatic heterocycles. The maximum absolute atomic E-state index is 12.7. The van der Waals surface area contributed by atoms with Gasteiger partial charge in [0.05, 0.1) is 11.0 Å². The number of likely N-dealkylation sites (tertiary alicyclic amines) is 1. The van der Waals surface area contributed by atoms with Gasteiger partial charge in [-0.2, -0.15) is 5.26 Å². The minimum Gasteiger partial charge on any atom is -0.504 e. The number of benzene rings is 1. The number of carbonyl (C=O) groups is 1. The Morgan fingerprint density at radius 3 is 2.71 bits per heavy atom. The topological polar surface area (TPSA) is 140 Å². The van der Waals surface area contributed by atoms with Crippen LogP contribution in [-0.4, -0.2) is 76.8 Å². The van der Waals surface area contributed by atoms with E-state index in [0.717, 1.165) is 31.3 Å². The van der Waals surface area contributed by atoms with Crippen molar-refractivity contribution in [3.05, 3.63) is 33.4 Å². The molecule has 1 amide bonds. The molecule has 2 rings (SSSR count). The second kappa shape index (κ2) is 9.16. The summed E-state index contributed by atoms with van der Waals surface area (Å²) in [6.07, 6.45) is 1.36. The van der Waals surface area contributed by atoms with Crippen molar-refractivity contribution in [3.63, 3.8) is 0 Å². The molecule has 0 bridgehead atoms. The molecular weight excluding hydrogens is 368 g/mol. The molecule has 10 nitrogen and oxygen atoms in total. The van der Waals surface area contributed by atoms with Crippen LogP contribution < -0.4 is 0 Å². The Balaban J connectivity index is 2.15. The Morgan fingerprint density at radius 1 is 1.50 bits per heavy atom. The van der Waals surface area contributed by atoms with E-state index in [1.807, 2.05) is 0 Å². The molecule has 1 fully saturated rings. The van der Waals surface area contributed by atoms with Gasteiger partial charge in [-0.1, -0.05) is 0 Å². The summed E-state index contributed by atoms with van der Waals surface area (Å²) in [7, 11) is 1.65. The lowest BCUT2D eigenvalue weighted by molar-refractivity contribution is -0.386. The molecule has 0 radical (unpaired) electrons. The number of aromatic hydroxyl groups is 2. The van der Waals surface area contributed by atoms with E-state index in [4.69, 9.17) is 4.74 Å². The van der Waals surface area contributed by atoms with Gasteiger partial charge in [-0.25, -0.2) is 0 Å². The third-order valence-electron chi connectivity index (χ3n) is 4.56. The first-order chi connectivity index (χ1) is 13.3. The molecule has 1 aliphatic rings. The molecule has 1 aromatic rings. The van der Waals surface area contributed by atoms with Crippen molar-refractivity contribution in [2.75, 3.05) is 39.8 Å². The minimum atomic E-state index is -0.869. The largest absolute Gasteiger partial charge is 0.504 e. The van der Waals surface area contributed by atoms with Crippen LogP contribution in [0.4, 0.5) is 5.69 Å². The molecule has 0 unspecified atom stereocenters. The minimum absolute atomic E-state index is 0.0635. The Bertz CT molecular complexity index is 826. The van der Waals surface area contributed by atoms with Crippen molar-refractivity contribution < 1.29 is 24.7 Å². The standard InChI is InChI=1S/C18H22N4O6/c1-3-21(5-4-20-10-14(11-20)28-2)18(25)13(9-19)6-12-7-15(22(26)27)17(24)16(23)8-12/h6-8,14,23-24H,3-5,10-11H2,1-2H3/b13-6+. The molecule has 150 valence electrons. The summed E-state index contributed by atoms with van der Waals surface area (Å²) >= 11 is 0. The normalized spacial score (nSPS) is 15.0. The smallest absolute Gasteiger partial charge is 0.315 e. The number of likely N-dealkylation sites (N-methyl/N-ethyl adjacent to an activating group) is 1. The number of hydrogen-bond donors (Lipinski definition) is 2. The van der Waals surface area contributed by atoms with E-state index in [-0.39, 0.29) is 17.2 Å². The average molecular weight is 390 g/mol. The van der Waals surface area contributed by atoms with Crippen molar-refractivity contribution in [2.24, 2.45) is 0 Å². The number of amides is 1. The zero-order chi connectivity index (χ0) is 20.8. The van der Waals surface area contributed by atoms with Gasteiger partial charge in [0.2, 0.25) is 5.75 Å². The SMILES string of the molecule is CCN(CCN1CC(OC)C1)C(=O)/C(C#N)=C/c1cc(O)c(O)c([N+](=O)[O-])c1. The molecule has 0 atom stereocenters. The summed E-state index contributed by atoms with van der Waals surface area (Å²) in [4.78, 5) is 26.4. The lowest BCUT2D eigenvalue weighted by atomic mass is 10.1. The van der Waals surface area contributed by atoms with Crippen LogP contribution in [0, 0.1) is 21.4 Å². The van der Waals surface area contributed by atoms with Crippen LogP contribution in [0.25, 0.3) is 6.08 Å². The second-order valence-corrected chi connectivity index (χ2v) is 6.34. The fourth-order valence-electron chi connectivity index (χ4n) is 2.85. The van der Waals surface area contributed by atoms with E-state index >= 15 is 0 Å². The van der Waals surface area contributed by atoms with Gasteiger partial charge in [-0.3, -0.25) is 19.8 Å². The van der Waals surface area contributed by atoms with Crippen molar-refractivity contribution >= 4 is 17.7 Å². The summed E-state index contributed by atoms with van der Waals surface area (Å²) in [6.45, 7) is 4.83.